The van der Waals surface area contributed by atoms with Crippen LogP contribution in [0.3, 0.4) is 0 Å². The van der Waals surface area contributed by atoms with Crippen LogP contribution in [0.15, 0.2) is 30.3 Å². The van der Waals surface area contributed by atoms with Gasteiger partial charge < -0.3 is 23.7 Å². The fourth-order valence-corrected chi connectivity index (χ4v) is 3.58. The smallest absolute Gasteiger partial charge is 0.231 e. The lowest BCUT2D eigenvalue weighted by molar-refractivity contribution is 0.168. The van der Waals surface area contributed by atoms with Gasteiger partial charge in [0.15, 0.2) is 11.5 Å². The molecule has 2 atom stereocenters. The van der Waals surface area contributed by atoms with Crippen LogP contribution in [0, 0.1) is 0 Å². The van der Waals surface area contributed by atoms with Gasteiger partial charge in [-0.15, -0.1) is 0 Å². The molecular weight excluding hydrogens is 336 g/mol. The van der Waals surface area contributed by atoms with E-state index in [0.717, 1.165) is 23.4 Å². The molecule has 138 valence electrons. The van der Waals surface area contributed by atoms with Crippen molar-refractivity contribution in [1.82, 2.24) is 10.9 Å². The van der Waals surface area contributed by atoms with Gasteiger partial charge in [0.05, 0.1) is 27.4 Å². The van der Waals surface area contributed by atoms with Crippen molar-refractivity contribution in [3.05, 3.63) is 41.5 Å². The highest BCUT2D eigenvalue weighted by Crippen LogP contribution is 2.53. The molecule has 1 saturated heterocycles. The zero-order valence-corrected chi connectivity index (χ0v) is 15.0. The Kier molecular flexibility index (Phi) is 4.48. The molecule has 0 aromatic heterocycles. The van der Waals surface area contributed by atoms with Crippen LogP contribution in [0.25, 0.3) is 0 Å². The van der Waals surface area contributed by atoms with Gasteiger partial charge in [-0.1, -0.05) is 12.1 Å². The minimum Gasteiger partial charge on any atom is -0.497 e. The molecule has 7 heteroatoms. The van der Waals surface area contributed by atoms with Crippen LogP contribution in [0.4, 0.5) is 0 Å². The lowest BCUT2D eigenvalue weighted by Crippen LogP contribution is -2.24. The number of hydrogen-bond donors (Lipinski definition) is 2. The van der Waals surface area contributed by atoms with Gasteiger partial charge in [0, 0.05) is 18.0 Å². The number of benzene rings is 2. The number of hydrazine groups is 1. The maximum Gasteiger partial charge on any atom is 0.231 e. The lowest BCUT2D eigenvalue weighted by Gasteiger charge is -2.23. The first kappa shape index (κ1) is 16.8. The van der Waals surface area contributed by atoms with E-state index in [9.17, 15) is 0 Å². The van der Waals surface area contributed by atoms with E-state index in [0.29, 0.717) is 23.0 Å². The zero-order valence-electron chi connectivity index (χ0n) is 15.0. The molecule has 2 aliphatic rings. The van der Waals surface area contributed by atoms with Gasteiger partial charge in [-0.25, -0.2) is 5.43 Å². The van der Waals surface area contributed by atoms with Crippen molar-refractivity contribution >= 4 is 0 Å². The van der Waals surface area contributed by atoms with Crippen LogP contribution in [-0.4, -0.2) is 34.7 Å². The second-order valence-electron chi connectivity index (χ2n) is 6.15. The molecule has 0 spiro atoms. The molecule has 2 N–H and O–H groups in total. The van der Waals surface area contributed by atoms with Crippen molar-refractivity contribution in [3.8, 4) is 28.7 Å². The van der Waals surface area contributed by atoms with Gasteiger partial charge in [-0.2, -0.15) is 0 Å². The summed E-state index contributed by atoms with van der Waals surface area (Å²) in [5, 5.41) is 0. The number of methoxy groups -OCH3 is 3. The van der Waals surface area contributed by atoms with Crippen molar-refractivity contribution in [2.24, 2.45) is 0 Å². The average molecular weight is 358 g/mol. The van der Waals surface area contributed by atoms with Crippen molar-refractivity contribution in [2.75, 3.05) is 34.7 Å². The molecule has 0 aliphatic carbocycles. The molecule has 0 amide bonds. The maximum atomic E-state index is 5.68. The van der Waals surface area contributed by atoms with E-state index < -0.39 is 0 Å². The van der Waals surface area contributed by atoms with Crippen molar-refractivity contribution in [1.29, 1.82) is 0 Å². The molecule has 1 fully saturated rings. The van der Waals surface area contributed by atoms with E-state index in [1.165, 1.54) is 0 Å². The van der Waals surface area contributed by atoms with Crippen molar-refractivity contribution in [3.63, 3.8) is 0 Å². The SMILES string of the molecule is COc1ccc(C2NNCC2c2cc(OC)c3c(c2OC)OCO3)cc1. The summed E-state index contributed by atoms with van der Waals surface area (Å²) in [5.74, 6) is 3.48. The van der Waals surface area contributed by atoms with E-state index >= 15 is 0 Å². The molecule has 2 aliphatic heterocycles. The van der Waals surface area contributed by atoms with Gasteiger partial charge in [-0.3, -0.25) is 5.43 Å². The van der Waals surface area contributed by atoms with Gasteiger partial charge in [0.25, 0.3) is 0 Å². The molecule has 4 rings (SSSR count). The molecule has 0 radical (unpaired) electrons. The summed E-state index contributed by atoms with van der Waals surface area (Å²) < 4.78 is 27.6. The summed E-state index contributed by atoms with van der Waals surface area (Å²) in [6.07, 6.45) is 0. The molecule has 2 heterocycles. The Hall–Kier alpha value is -2.64. The Balaban J connectivity index is 1.75. The number of hydrogen-bond acceptors (Lipinski definition) is 7. The van der Waals surface area contributed by atoms with Crippen LogP contribution in [0.2, 0.25) is 0 Å². The normalized spacial score (nSPS) is 20.9. The Morgan fingerprint density at radius 1 is 0.962 bits per heavy atom. The number of ether oxygens (including phenoxy) is 5. The summed E-state index contributed by atoms with van der Waals surface area (Å²) in [4.78, 5) is 0. The van der Waals surface area contributed by atoms with Crippen molar-refractivity contribution in [2.45, 2.75) is 12.0 Å². The van der Waals surface area contributed by atoms with Crippen LogP contribution < -0.4 is 34.5 Å². The van der Waals surface area contributed by atoms with Crippen LogP contribution in [0.1, 0.15) is 23.1 Å². The number of fused-ring (bicyclic) bond motifs is 1. The monoisotopic (exact) mass is 358 g/mol. The lowest BCUT2D eigenvalue weighted by atomic mass is 9.87. The molecule has 2 unspecified atom stereocenters. The molecule has 7 nitrogen and oxygen atoms in total. The molecule has 0 saturated carbocycles. The third-order valence-electron chi connectivity index (χ3n) is 4.87. The maximum absolute atomic E-state index is 5.68. The van der Waals surface area contributed by atoms with E-state index in [-0.39, 0.29) is 18.8 Å². The summed E-state index contributed by atoms with van der Waals surface area (Å²) >= 11 is 0. The highest BCUT2D eigenvalue weighted by atomic mass is 16.7. The van der Waals surface area contributed by atoms with Crippen LogP contribution in [-0.2, 0) is 0 Å². The molecule has 2 aromatic carbocycles. The fourth-order valence-electron chi connectivity index (χ4n) is 3.58. The van der Waals surface area contributed by atoms with Crippen molar-refractivity contribution < 1.29 is 23.7 Å². The average Bonchev–Trinajstić information content (AvgIpc) is 3.36. The zero-order chi connectivity index (χ0) is 18.1. The third-order valence-corrected chi connectivity index (χ3v) is 4.87. The van der Waals surface area contributed by atoms with Gasteiger partial charge in [-0.05, 0) is 23.8 Å². The predicted molar refractivity (Wildman–Crippen MR) is 95.3 cm³/mol. The topological polar surface area (TPSA) is 70.2 Å². The fraction of sp³-hybridized carbons (Fsp3) is 0.368. The summed E-state index contributed by atoms with van der Waals surface area (Å²) in [7, 11) is 4.93. The quantitative estimate of drug-likeness (QED) is 0.850. The largest absolute Gasteiger partial charge is 0.497 e. The van der Waals surface area contributed by atoms with E-state index in [1.807, 2.05) is 18.2 Å². The summed E-state index contributed by atoms with van der Waals surface area (Å²) in [6, 6.07) is 10.1. The summed E-state index contributed by atoms with van der Waals surface area (Å²) in [5.41, 5.74) is 8.77. The van der Waals surface area contributed by atoms with Gasteiger partial charge in [0.1, 0.15) is 5.75 Å². The Bertz CT molecular complexity index is 794. The first-order chi connectivity index (χ1) is 12.8. The minimum atomic E-state index is 0.0693. The molecular formula is C19H22N2O5. The van der Waals surface area contributed by atoms with E-state index in [2.05, 4.69) is 23.0 Å². The Morgan fingerprint density at radius 2 is 1.73 bits per heavy atom. The standard InChI is InChI=1S/C19H22N2O5/c1-22-12-6-4-11(5-7-12)16-14(9-20-21-16)13-8-15(23-2)18-19(17(13)24-3)26-10-25-18/h4-8,14,16,20-21H,9-10H2,1-3H3. The Morgan fingerprint density at radius 3 is 2.42 bits per heavy atom. The summed E-state index contributed by atoms with van der Waals surface area (Å²) in [6.45, 7) is 0.907. The molecule has 26 heavy (non-hydrogen) atoms. The van der Waals surface area contributed by atoms with E-state index in [1.54, 1.807) is 21.3 Å². The highest BCUT2D eigenvalue weighted by molar-refractivity contribution is 5.65. The van der Waals surface area contributed by atoms with Gasteiger partial charge in [0.2, 0.25) is 18.3 Å². The second kappa shape index (κ2) is 6.93. The predicted octanol–water partition coefficient (Wildman–Crippen LogP) is 2.37. The number of rotatable bonds is 5. The van der Waals surface area contributed by atoms with Crippen LogP contribution >= 0.6 is 0 Å². The number of nitrogens with one attached hydrogen (secondary N) is 2. The van der Waals surface area contributed by atoms with E-state index in [4.69, 9.17) is 23.7 Å². The second-order valence-corrected chi connectivity index (χ2v) is 6.15. The first-order valence-electron chi connectivity index (χ1n) is 8.43. The van der Waals surface area contributed by atoms with Crippen LogP contribution in [0.5, 0.6) is 28.7 Å². The first-order valence-corrected chi connectivity index (χ1v) is 8.43. The molecule has 2 aromatic rings. The highest BCUT2D eigenvalue weighted by Gasteiger charge is 2.36. The third kappa shape index (κ3) is 2.69. The minimum absolute atomic E-state index is 0.0693. The molecule has 0 bridgehead atoms. The Labute approximate surface area is 152 Å². The van der Waals surface area contributed by atoms with Gasteiger partial charge >= 0.3 is 0 Å².